The number of nitrogens with one attached hydrogen (secondary N) is 1. The summed E-state index contributed by atoms with van der Waals surface area (Å²) in [5.74, 6) is -0.721. The summed E-state index contributed by atoms with van der Waals surface area (Å²) in [5, 5.41) is 0.420. The fourth-order valence-corrected chi connectivity index (χ4v) is 4.30. The fourth-order valence-electron chi connectivity index (χ4n) is 2.58. The Morgan fingerprint density at radius 3 is 2.50 bits per heavy atom. The van der Waals surface area contributed by atoms with Crippen LogP contribution >= 0.6 is 0 Å². The molecular formula is C17H16N2O4S. The Bertz CT molecular complexity index is 1020. The van der Waals surface area contributed by atoms with Crippen LogP contribution in [0, 0.1) is 0 Å². The molecule has 0 atom stereocenters. The molecule has 6 nitrogen and oxygen atoms in total. The lowest BCUT2D eigenvalue weighted by Gasteiger charge is -2.09. The van der Waals surface area contributed by atoms with Crippen molar-refractivity contribution in [2.24, 2.45) is 0 Å². The first-order chi connectivity index (χ1) is 11.5. The van der Waals surface area contributed by atoms with Crippen LogP contribution in [0.2, 0.25) is 0 Å². The largest absolute Gasteiger partial charge is 0.461 e. The van der Waals surface area contributed by atoms with Gasteiger partial charge in [-0.25, -0.2) is 13.2 Å². The highest BCUT2D eigenvalue weighted by molar-refractivity contribution is 7.92. The van der Waals surface area contributed by atoms with E-state index in [9.17, 15) is 13.2 Å². The van der Waals surface area contributed by atoms with Gasteiger partial charge in [0, 0.05) is 10.9 Å². The van der Waals surface area contributed by atoms with Crippen LogP contribution in [0.1, 0.15) is 17.4 Å². The molecule has 0 aliphatic rings. The van der Waals surface area contributed by atoms with E-state index in [0.29, 0.717) is 10.9 Å². The van der Waals surface area contributed by atoms with Gasteiger partial charge in [0.25, 0.3) is 0 Å². The van der Waals surface area contributed by atoms with Gasteiger partial charge in [0.1, 0.15) is 10.6 Å². The fraction of sp³-hybridized carbons (Fsp3) is 0.118. The monoisotopic (exact) mass is 344 g/mol. The second kappa shape index (κ2) is 6.01. The number of carbonyl (C=O) groups excluding carboxylic acids is 1. The van der Waals surface area contributed by atoms with Crippen LogP contribution in [0.15, 0.2) is 58.3 Å². The summed E-state index contributed by atoms with van der Waals surface area (Å²) in [5.41, 5.74) is 6.40. The van der Waals surface area contributed by atoms with Crippen molar-refractivity contribution in [3.63, 3.8) is 0 Å². The molecule has 3 rings (SSSR count). The number of para-hydroxylation sites is 2. The first-order valence-electron chi connectivity index (χ1n) is 7.34. The Hall–Kier alpha value is -2.80. The normalized spacial score (nSPS) is 11.5. The number of nitrogens with two attached hydrogens (primary N) is 1. The number of esters is 1. The first-order valence-corrected chi connectivity index (χ1v) is 8.82. The molecular weight excluding hydrogens is 328 g/mol. The lowest BCUT2D eigenvalue weighted by Crippen LogP contribution is -2.13. The number of aromatic nitrogens is 1. The summed E-state index contributed by atoms with van der Waals surface area (Å²) in [6.07, 6.45) is 0. The molecule has 0 saturated heterocycles. The van der Waals surface area contributed by atoms with Crippen LogP contribution in [0.4, 0.5) is 5.69 Å². The molecule has 2 aromatic carbocycles. The third-order valence-electron chi connectivity index (χ3n) is 3.62. The predicted molar refractivity (Wildman–Crippen MR) is 90.6 cm³/mol. The minimum Gasteiger partial charge on any atom is -0.461 e. The summed E-state index contributed by atoms with van der Waals surface area (Å²) >= 11 is 0. The summed E-state index contributed by atoms with van der Waals surface area (Å²) < 4.78 is 31.3. The third kappa shape index (κ3) is 2.52. The zero-order valence-electron chi connectivity index (χ0n) is 12.9. The Morgan fingerprint density at radius 2 is 1.79 bits per heavy atom. The first kappa shape index (κ1) is 16.1. The topological polar surface area (TPSA) is 102 Å². The third-order valence-corrected chi connectivity index (χ3v) is 5.53. The van der Waals surface area contributed by atoms with E-state index in [-0.39, 0.29) is 27.8 Å². The van der Waals surface area contributed by atoms with Crippen molar-refractivity contribution in [2.45, 2.75) is 16.7 Å². The van der Waals surface area contributed by atoms with Crippen molar-refractivity contribution in [3.05, 3.63) is 54.2 Å². The second-order valence-corrected chi connectivity index (χ2v) is 6.99. The van der Waals surface area contributed by atoms with E-state index >= 15 is 0 Å². The highest BCUT2D eigenvalue weighted by Gasteiger charge is 2.31. The van der Waals surface area contributed by atoms with E-state index in [1.807, 2.05) is 0 Å². The summed E-state index contributed by atoms with van der Waals surface area (Å²) in [6, 6.07) is 13.0. The minimum atomic E-state index is -4.00. The average Bonchev–Trinajstić information content (AvgIpc) is 2.95. The molecule has 124 valence electrons. The van der Waals surface area contributed by atoms with E-state index in [1.54, 1.807) is 43.3 Å². The van der Waals surface area contributed by atoms with Crippen molar-refractivity contribution < 1.29 is 17.9 Å². The van der Waals surface area contributed by atoms with Gasteiger partial charge >= 0.3 is 5.97 Å². The maximum absolute atomic E-state index is 13.2. The molecule has 24 heavy (non-hydrogen) atoms. The number of hydrogen-bond acceptors (Lipinski definition) is 5. The lowest BCUT2D eigenvalue weighted by molar-refractivity contribution is 0.0516. The number of carbonyl (C=O) groups is 1. The molecule has 0 bridgehead atoms. The molecule has 0 unspecified atom stereocenters. The van der Waals surface area contributed by atoms with Gasteiger partial charge in [0.15, 0.2) is 0 Å². The Balaban J connectivity index is 2.34. The molecule has 1 aromatic heterocycles. The maximum Gasteiger partial charge on any atom is 0.356 e. The molecule has 7 heteroatoms. The number of H-pyrrole nitrogens is 1. The molecule has 1 heterocycles. The van der Waals surface area contributed by atoms with Crippen LogP contribution in [-0.2, 0) is 14.6 Å². The highest BCUT2D eigenvalue weighted by Crippen LogP contribution is 2.34. The number of sulfone groups is 1. The molecule has 0 saturated carbocycles. The SMILES string of the molecule is CCOC(=O)c1[nH]c2ccccc2c1S(=O)(=O)c1ccccc1N. The van der Waals surface area contributed by atoms with Gasteiger partial charge in [-0.1, -0.05) is 30.3 Å². The maximum atomic E-state index is 13.2. The van der Waals surface area contributed by atoms with Crippen LogP contribution in [0.5, 0.6) is 0 Å². The molecule has 3 aromatic rings. The predicted octanol–water partition coefficient (Wildman–Crippen LogP) is 2.76. The molecule has 0 amide bonds. The smallest absolute Gasteiger partial charge is 0.356 e. The number of ether oxygens (including phenoxy) is 1. The standard InChI is InChI=1S/C17H16N2O4S/c1-2-23-17(20)15-16(11-7-3-5-9-13(11)19-15)24(21,22)14-10-6-4-8-12(14)18/h3-10,19H,2,18H2,1H3. The Morgan fingerprint density at radius 1 is 1.12 bits per heavy atom. The van der Waals surface area contributed by atoms with Gasteiger partial charge in [-0.15, -0.1) is 0 Å². The van der Waals surface area contributed by atoms with Crippen molar-refractivity contribution >= 4 is 32.4 Å². The van der Waals surface area contributed by atoms with Gasteiger partial charge < -0.3 is 15.5 Å². The van der Waals surface area contributed by atoms with E-state index in [4.69, 9.17) is 10.5 Å². The molecule has 0 aliphatic carbocycles. The van der Waals surface area contributed by atoms with Gasteiger partial charge in [0.05, 0.1) is 17.2 Å². The summed E-state index contributed by atoms with van der Waals surface area (Å²) in [6.45, 7) is 1.80. The number of aromatic amines is 1. The van der Waals surface area contributed by atoms with Gasteiger partial charge in [0.2, 0.25) is 9.84 Å². The lowest BCUT2D eigenvalue weighted by atomic mass is 10.2. The van der Waals surface area contributed by atoms with Gasteiger partial charge in [-0.05, 0) is 25.1 Å². The van der Waals surface area contributed by atoms with Crippen LogP contribution < -0.4 is 5.73 Å². The van der Waals surface area contributed by atoms with Crippen LogP contribution in [-0.4, -0.2) is 26.0 Å². The number of fused-ring (bicyclic) bond motifs is 1. The van der Waals surface area contributed by atoms with E-state index in [2.05, 4.69) is 4.98 Å². The van der Waals surface area contributed by atoms with Gasteiger partial charge in [-0.3, -0.25) is 0 Å². The Kier molecular flexibility index (Phi) is 4.02. The summed E-state index contributed by atoms with van der Waals surface area (Å²) in [4.78, 5) is 14.9. The summed E-state index contributed by atoms with van der Waals surface area (Å²) in [7, 11) is -4.00. The number of benzene rings is 2. The highest BCUT2D eigenvalue weighted by atomic mass is 32.2. The minimum absolute atomic E-state index is 0.0414. The molecule has 0 aliphatic heterocycles. The number of anilines is 1. The Labute approximate surface area is 139 Å². The number of hydrogen-bond donors (Lipinski definition) is 2. The quantitative estimate of drug-likeness (QED) is 0.560. The number of nitrogen functional groups attached to an aromatic ring is 1. The van der Waals surface area contributed by atoms with E-state index in [1.165, 1.54) is 12.1 Å². The van der Waals surface area contributed by atoms with Crippen molar-refractivity contribution in [1.82, 2.24) is 4.98 Å². The van der Waals surface area contributed by atoms with Crippen molar-refractivity contribution in [1.29, 1.82) is 0 Å². The van der Waals surface area contributed by atoms with Gasteiger partial charge in [-0.2, -0.15) is 0 Å². The molecule has 3 N–H and O–H groups in total. The van der Waals surface area contributed by atoms with E-state index in [0.717, 1.165) is 0 Å². The zero-order valence-corrected chi connectivity index (χ0v) is 13.8. The zero-order chi connectivity index (χ0) is 17.3. The molecule has 0 fully saturated rings. The molecule has 0 spiro atoms. The van der Waals surface area contributed by atoms with Crippen molar-refractivity contribution in [3.8, 4) is 0 Å². The second-order valence-electron chi connectivity index (χ2n) is 5.14. The van der Waals surface area contributed by atoms with Crippen LogP contribution in [0.25, 0.3) is 10.9 Å². The van der Waals surface area contributed by atoms with Crippen molar-refractivity contribution in [2.75, 3.05) is 12.3 Å². The molecule has 0 radical (unpaired) electrons. The van der Waals surface area contributed by atoms with Crippen LogP contribution in [0.3, 0.4) is 0 Å². The average molecular weight is 344 g/mol. The number of rotatable bonds is 4. The van der Waals surface area contributed by atoms with E-state index < -0.39 is 15.8 Å².